The highest BCUT2D eigenvalue weighted by atomic mass is 19.4. The second-order valence-electron chi connectivity index (χ2n) is 10.1. The molecule has 1 aromatic heterocycles. The summed E-state index contributed by atoms with van der Waals surface area (Å²) in [6.45, 7) is 0.562. The molecule has 3 aromatic rings. The maximum Gasteiger partial charge on any atom is 0.490 e. The Bertz CT molecular complexity index is 1600. The Morgan fingerprint density at radius 3 is 1.82 bits per heavy atom. The summed E-state index contributed by atoms with van der Waals surface area (Å²) >= 11 is 0. The second-order valence-corrected chi connectivity index (χ2v) is 10.1. The van der Waals surface area contributed by atoms with Crippen molar-refractivity contribution in [3.63, 3.8) is 0 Å². The number of carboxylic acids is 2. The predicted octanol–water partition coefficient (Wildman–Crippen LogP) is 6.29. The number of nitrogens with zero attached hydrogens (tertiary/aromatic N) is 3. The highest BCUT2D eigenvalue weighted by Crippen LogP contribution is 2.30. The lowest BCUT2D eigenvalue weighted by Crippen LogP contribution is -2.46. The lowest BCUT2D eigenvalue weighted by atomic mass is 10.0. The van der Waals surface area contributed by atoms with Crippen molar-refractivity contribution in [2.75, 3.05) is 11.9 Å². The van der Waals surface area contributed by atoms with Crippen LogP contribution in [0.1, 0.15) is 24.0 Å². The molecule has 1 aliphatic heterocycles. The Balaban J connectivity index is 0.000000521. The standard InChI is InChI=1S/C26H24F3N5O2.2C2HF3O2/c27-26(28,29)18-5-12-24(32-16-18)33-19-6-10-22(11-7-19)36-21-8-3-17(4-9-21)14-23(31)25(35)34-13-1-2-20(34)15-30;2*3-2(4,5)1(6)7/h3-12,16,20,23H,1-2,13-14,31H2,(H,32,33);2*(H,6,7)/t20-,23-;;/m0../s1. The Labute approximate surface area is 276 Å². The van der Waals surface area contributed by atoms with E-state index in [9.17, 15) is 49.6 Å². The lowest BCUT2D eigenvalue weighted by molar-refractivity contribution is -0.193. The number of anilines is 2. The van der Waals surface area contributed by atoms with Gasteiger partial charge in [-0.2, -0.15) is 44.8 Å². The number of pyridine rings is 1. The Morgan fingerprint density at radius 2 is 1.40 bits per heavy atom. The number of amides is 1. The van der Waals surface area contributed by atoms with Gasteiger partial charge in [-0.15, -0.1) is 0 Å². The number of hydrogen-bond acceptors (Lipinski definition) is 8. The number of ether oxygens (including phenoxy) is 1. The molecular weight excluding hydrogens is 697 g/mol. The van der Waals surface area contributed by atoms with Crippen LogP contribution in [-0.4, -0.2) is 68.9 Å². The van der Waals surface area contributed by atoms with Crippen molar-refractivity contribution in [2.45, 2.75) is 49.9 Å². The molecule has 0 bridgehead atoms. The third kappa shape index (κ3) is 13.1. The molecule has 0 aliphatic carbocycles. The predicted molar refractivity (Wildman–Crippen MR) is 155 cm³/mol. The van der Waals surface area contributed by atoms with Gasteiger partial charge in [0.05, 0.1) is 17.7 Å². The molecule has 0 radical (unpaired) electrons. The molecular formula is C30H26F9N5O6. The van der Waals surface area contributed by atoms with Gasteiger partial charge in [0.25, 0.3) is 0 Å². The van der Waals surface area contributed by atoms with Gasteiger partial charge in [0.15, 0.2) is 0 Å². The molecule has 1 fully saturated rings. The largest absolute Gasteiger partial charge is 0.490 e. The fourth-order valence-corrected chi connectivity index (χ4v) is 3.94. The van der Waals surface area contributed by atoms with Crippen LogP contribution in [0.2, 0.25) is 0 Å². The molecule has 2 atom stereocenters. The van der Waals surface area contributed by atoms with Gasteiger partial charge in [-0.05, 0) is 73.4 Å². The minimum Gasteiger partial charge on any atom is -0.475 e. The number of rotatable bonds is 7. The van der Waals surface area contributed by atoms with Crippen LogP contribution < -0.4 is 15.8 Å². The van der Waals surface area contributed by atoms with Gasteiger partial charge in [0.1, 0.15) is 23.4 Å². The fraction of sp³-hybridized carbons (Fsp3) is 0.300. The smallest absolute Gasteiger partial charge is 0.475 e. The number of benzene rings is 2. The van der Waals surface area contributed by atoms with Crippen LogP contribution in [-0.2, 0) is 27.0 Å². The quantitative estimate of drug-likeness (QED) is 0.203. The number of nitrogens with one attached hydrogen (secondary N) is 1. The number of likely N-dealkylation sites (tertiary alicyclic amines) is 1. The summed E-state index contributed by atoms with van der Waals surface area (Å²) < 4.78 is 107. The number of aliphatic carboxylic acids is 2. The maximum absolute atomic E-state index is 12.7. The first-order valence-corrected chi connectivity index (χ1v) is 13.8. The van der Waals surface area contributed by atoms with Crippen molar-refractivity contribution in [2.24, 2.45) is 5.73 Å². The zero-order chi connectivity index (χ0) is 37.9. The number of carbonyl (C=O) groups is 3. The summed E-state index contributed by atoms with van der Waals surface area (Å²) in [5.41, 5.74) is 6.82. The van der Waals surface area contributed by atoms with Crippen LogP contribution in [0.3, 0.4) is 0 Å². The van der Waals surface area contributed by atoms with E-state index < -0.39 is 48.1 Å². The molecule has 5 N–H and O–H groups in total. The summed E-state index contributed by atoms with van der Waals surface area (Å²) in [7, 11) is 0. The highest BCUT2D eigenvalue weighted by molar-refractivity contribution is 5.83. The molecule has 1 aliphatic rings. The zero-order valence-corrected chi connectivity index (χ0v) is 25.2. The molecule has 1 amide bonds. The molecule has 20 heteroatoms. The van der Waals surface area contributed by atoms with Crippen molar-refractivity contribution < 1.29 is 68.8 Å². The minimum atomic E-state index is -5.08. The minimum absolute atomic E-state index is 0.209. The average Bonchev–Trinajstić information content (AvgIpc) is 3.51. The van der Waals surface area contributed by atoms with E-state index in [2.05, 4.69) is 16.4 Å². The topological polar surface area (TPSA) is 179 Å². The van der Waals surface area contributed by atoms with Gasteiger partial charge in [-0.1, -0.05) is 12.1 Å². The molecule has 0 spiro atoms. The van der Waals surface area contributed by atoms with Crippen LogP contribution in [0.15, 0.2) is 66.9 Å². The van der Waals surface area contributed by atoms with Crippen molar-refractivity contribution in [1.29, 1.82) is 5.26 Å². The molecule has 270 valence electrons. The Kier molecular flexibility index (Phi) is 14.0. The molecule has 4 rings (SSSR count). The van der Waals surface area contributed by atoms with Crippen molar-refractivity contribution in [3.8, 4) is 17.6 Å². The molecule has 2 heterocycles. The molecule has 1 saturated heterocycles. The molecule has 0 saturated carbocycles. The monoisotopic (exact) mass is 723 g/mol. The summed E-state index contributed by atoms with van der Waals surface area (Å²) in [6.07, 6.45) is -12.0. The summed E-state index contributed by atoms with van der Waals surface area (Å²) in [5.74, 6) is -4.28. The van der Waals surface area contributed by atoms with E-state index in [1.165, 1.54) is 6.07 Å². The second kappa shape index (κ2) is 17.2. The first-order chi connectivity index (χ1) is 23.1. The van der Waals surface area contributed by atoms with E-state index >= 15 is 0 Å². The number of carbonyl (C=O) groups excluding carboxylic acids is 1. The van der Waals surface area contributed by atoms with Gasteiger partial charge in [-0.3, -0.25) is 4.79 Å². The van der Waals surface area contributed by atoms with E-state index in [0.717, 1.165) is 24.2 Å². The van der Waals surface area contributed by atoms with E-state index in [1.54, 1.807) is 41.3 Å². The van der Waals surface area contributed by atoms with E-state index in [1.807, 2.05) is 12.1 Å². The number of carboxylic acid groups (broad SMARTS) is 2. The average molecular weight is 724 g/mol. The van der Waals surface area contributed by atoms with Crippen molar-refractivity contribution in [3.05, 3.63) is 78.0 Å². The Hall–Kier alpha value is -5.58. The zero-order valence-electron chi connectivity index (χ0n) is 25.2. The highest BCUT2D eigenvalue weighted by Gasteiger charge is 2.39. The number of aromatic nitrogens is 1. The summed E-state index contributed by atoms with van der Waals surface area (Å²) in [6, 6.07) is 17.4. The number of nitriles is 1. The molecule has 2 aromatic carbocycles. The van der Waals surface area contributed by atoms with Crippen molar-refractivity contribution >= 4 is 29.4 Å². The number of alkyl halides is 9. The first-order valence-electron chi connectivity index (χ1n) is 13.8. The number of nitrogens with two attached hydrogens (primary N) is 1. The van der Waals surface area contributed by atoms with E-state index in [4.69, 9.17) is 30.3 Å². The van der Waals surface area contributed by atoms with Gasteiger partial charge < -0.3 is 30.9 Å². The summed E-state index contributed by atoms with van der Waals surface area (Å²) in [5, 5.41) is 26.4. The molecule has 11 nitrogen and oxygen atoms in total. The van der Waals surface area contributed by atoms with Crippen molar-refractivity contribution in [1.82, 2.24) is 9.88 Å². The van der Waals surface area contributed by atoms with Gasteiger partial charge in [0.2, 0.25) is 5.91 Å². The van der Waals surface area contributed by atoms with Gasteiger partial charge in [-0.25, -0.2) is 14.6 Å². The van der Waals surface area contributed by atoms with Crippen LogP contribution in [0.5, 0.6) is 11.5 Å². The normalized spacial score (nSPS) is 14.9. The summed E-state index contributed by atoms with van der Waals surface area (Å²) in [4.78, 5) is 35.7. The van der Waals surface area contributed by atoms with Crippen LogP contribution in [0.4, 0.5) is 51.0 Å². The first kappa shape index (κ1) is 40.6. The van der Waals surface area contributed by atoms with Crippen LogP contribution >= 0.6 is 0 Å². The molecule has 50 heavy (non-hydrogen) atoms. The number of halogens is 9. The fourth-order valence-electron chi connectivity index (χ4n) is 3.94. The van der Waals surface area contributed by atoms with Gasteiger partial charge >= 0.3 is 30.5 Å². The lowest BCUT2D eigenvalue weighted by Gasteiger charge is -2.23. The van der Waals surface area contributed by atoms with E-state index in [-0.39, 0.29) is 11.7 Å². The van der Waals surface area contributed by atoms with Gasteiger partial charge in [0, 0.05) is 18.4 Å². The third-order valence-corrected chi connectivity index (χ3v) is 6.32. The van der Waals surface area contributed by atoms with Crippen LogP contribution in [0.25, 0.3) is 0 Å². The SMILES string of the molecule is N#C[C@@H]1CCCN1C(=O)[C@@H](N)Cc1ccc(Oc2ccc(Nc3ccc(C(F)(F)F)cn3)cc2)cc1.O=C(O)C(F)(F)F.O=C(O)C(F)(F)F. The molecule has 0 unspecified atom stereocenters. The van der Waals surface area contributed by atoms with Crippen LogP contribution in [0, 0.1) is 11.3 Å². The number of hydrogen-bond donors (Lipinski definition) is 4. The maximum atomic E-state index is 12.7. The van der Waals surface area contributed by atoms with E-state index in [0.29, 0.717) is 36.6 Å². The Morgan fingerprint density at radius 1 is 0.900 bits per heavy atom. The third-order valence-electron chi connectivity index (χ3n) is 6.32.